The lowest BCUT2D eigenvalue weighted by Crippen LogP contribution is -2.41. The van der Waals surface area contributed by atoms with Crippen molar-refractivity contribution in [3.8, 4) is 0 Å². The summed E-state index contributed by atoms with van der Waals surface area (Å²) < 4.78 is 0. The van der Waals surface area contributed by atoms with Gasteiger partial charge < -0.3 is 0 Å². The van der Waals surface area contributed by atoms with E-state index in [-0.39, 0.29) is 23.4 Å². The molecule has 3 rings (SSSR count). The molecule has 2 aliphatic carbocycles. The smallest absolute Gasteiger partial charge is 0.171 e. The topological polar surface area (TPSA) is 34.1 Å². The van der Waals surface area contributed by atoms with Crippen molar-refractivity contribution < 1.29 is 9.59 Å². The van der Waals surface area contributed by atoms with Crippen molar-refractivity contribution in [1.29, 1.82) is 0 Å². The van der Waals surface area contributed by atoms with Crippen molar-refractivity contribution in [2.75, 3.05) is 0 Å². The summed E-state index contributed by atoms with van der Waals surface area (Å²) in [5.41, 5.74) is 6.28. The van der Waals surface area contributed by atoms with E-state index in [0.29, 0.717) is 11.1 Å². The highest BCUT2D eigenvalue weighted by Gasteiger charge is 2.47. The predicted molar refractivity (Wildman–Crippen MR) is 97.3 cm³/mol. The largest absolute Gasteiger partial charge is 0.293 e. The molecule has 2 aliphatic rings. The van der Waals surface area contributed by atoms with Crippen LogP contribution in [0.3, 0.4) is 0 Å². The van der Waals surface area contributed by atoms with Gasteiger partial charge in [0.1, 0.15) is 0 Å². The first kappa shape index (κ1) is 16.9. The van der Waals surface area contributed by atoms with Crippen LogP contribution in [-0.4, -0.2) is 11.6 Å². The number of benzene rings is 1. The zero-order chi connectivity index (χ0) is 17.4. The van der Waals surface area contributed by atoms with E-state index in [1.54, 1.807) is 0 Å². The monoisotopic (exact) mass is 322 g/mol. The molecule has 0 saturated carbocycles. The van der Waals surface area contributed by atoms with Crippen LogP contribution in [0.15, 0.2) is 46.6 Å². The van der Waals surface area contributed by atoms with Crippen LogP contribution in [0.4, 0.5) is 0 Å². The summed E-state index contributed by atoms with van der Waals surface area (Å²) in [5, 5.41) is 0. The van der Waals surface area contributed by atoms with Gasteiger partial charge in [0, 0.05) is 11.1 Å². The van der Waals surface area contributed by atoms with Gasteiger partial charge in [-0.3, -0.25) is 9.59 Å². The fraction of sp³-hybridized carbons (Fsp3) is 0.455. The average molecular weight is 322 g/mol. The molecular weight excluding hydrogens is 296 g/mol. The van der Waals surface area contributed by atoms with Gasteiger partial charge >= 0.3 is 0 Å². The minimum atomic E-state index is -0.280. The van der Waals surface area contributed by atoms with Gasteiger partial charge in [0.25, 0.3) is 0 Å². The highest BCUT2D eigenvalue weighted by Crippen LogP contribution is 2.48. The molecule has 0 aromatic heterocycles. The van der Waals surface area contributed by atoms with Crippen LogP contribution in [0.5, 0.6) is 0 Å². The Balaban J connectivity index is 2.31. The standard InChI is InChI=1S/C22H26O2/c1-5-13-14(6-2)16(8-4)20-19(15(13)7-3)21(23)17-11-9-10-12-18(17)22(20)24/h9-12,19-20H,5-8H2,1-4H3. The van der Waals surface area contributed by atoms with Crippen LogP contribution in [-0.2, 0) is 0 Å². The summed E-state index contributed by atoms with van der Waals surface area (Å²) >= 11 is 0. The number of hydrogen-bond acceptors (Lipinski definition) is 2. The van der Waals surface area contributed by atoms with Crippen LogP contribution in [0.25, 0.3) is 0 Å². The van der Waals surface area contributed by atoms with E-state index >= 15 is 0 Å². The van der Waals surface area contributed by atoms with Gasteiger partial charge in [-0.2, -0.15) is 0 Å². The molecule has 0 amide bonds. The number of carbonyl (C=O) groups excluding carboxylic acids is 2. The van der Waals surface area contributed by atoms with Crippen molar-refractivity contribution in [3.63, 3.8) is 0 Å². The van der Waals surface area contributed by atoms with E-state index in [9.17, 15) is 9.59 Å². The van der Waals surface area contributed by atoms with Crippen LogP contribution in [0.1, 0.15) is 74.1 Å². The highest BCUT2D eigenvalue weighted by molar-refractivity contribution is 6.18. The Labute approximate surface area is 144 Å². The molecule has 126 valence electrons. The molecule has 2 nitrogen and oxygen atoms in total. The third kappa shape index (κ3) is 2.23. The molecule has 0 radical (unpaired) electrons. The molecule has 24 heavy (non-hydrogen) atoms. The van der Waals surface area contributed by atoms with E-state index in [2.05, 4.69) is 27.7 Å². The fourth-order valence-electron chi connectivity index (χ4n) is 4.78. The first-order valence-electron chi connectivity index (χ1n) is 9.22. The van der Waals surface area contributed by atoms with Gasteiger partial charge in [0.15, 0.2) is 11.6 Å². The maximum absolute atomic E-state index is 13.3. The van der Waals surface area contributed by atoms with Crippen LogP contribution < -0.4 is 0 Å². The second-order valence-electron chi connectivity index (χ2n) is 6.65. The SMILES string of the molecule is CCC1=C(CC)C2C(=O)c3ccccc3C(=O)C2C(CC)=C1CC. The Morgan fingerprint density at radius 2 is 1.04 bits per heavy atom. The van der Waals surface area contributed by atoms with Crippen molar-refractivity contribution in [1.82, 2.24) is 0 Å². The lowest BCUT2D eigenvalue weighted by Gasteiger charge is -2.40. The van der Waals surface area contributed by atoms with Gasteiger partial charge in [0.2, 0.25) is 0 Å². The predicted octanol–water partition coefficient (Wildman–Crippen LogP) is 5.54. The Morgan fingerprint density at radius 3 is 1.33 bits per heavy atom. The zero-order valence-corrected chi connectivity index (χ0v) is 15.1. The van der Waals surface area contributed by atoms with E-state index in [1.807, 2.05) is 24.3 Å². The highest BCUT2D eigenvalue weighted by atomic mass is 16.1. The normalized spacial score (nSPS) is 23.5. The first-order valence-corrected chi connectivity index (χ1v) is 9.22. The van der Waals surface area contributed by atoms with Gasteiger partial charge in [-0.1, -0.05) is 63.1 Å². The van der Waals surface area contributed by atoms with E-state index in [0.717, 1.165) is 25.7 Å². The summed E-state index contributed by atoms with van der Waals surface area (Å²) in [6.07, 6.45) is 3.54. The summed E-state index contributed by atoms with van der Waals surface area (Å²) in [6.45, 7) is 8.56. The Hall–Kier alpha value is -1.96. The minimum absolute atomic E-state index is 0.138. The van der Waals surface area contributed by atoms with Crippen LogP contribution >= 0.6 is 0 Å². The molecule has 0 bridgehead atoms. The Bertz CT molecular complexity index is 699. The number of fused-ring (bicyclic) bond motifs is 2. The van der Waals surface area contributed by atoms with Crippen molar-refractivity contribution >= 4 is 11.6 Å². The molecule has 0 saturated heterocycles. The molecule has 0 spiro atoms. The lowest BCUT2D eigenvalue weighted by atomic mass is 9.61. The molecule has 1 aromatic rings. The number of allylic oxidation sites excluding steroid dienone is 4. The summed E-state index contributed by atoms with van der Waals surface area (Å²) in [7, 11) is 0. The maximum atomic E-state index is 13.3. The van der Waals surface area contributed by atoms with E-state index in [4.69, 9.17) is 0 Å². The van der Waals surface area contributed by atoms with Crippen molar-refractivity contribution in [2.24, 2.45) is 11.8 Å². The van der Waals surface area contributed by atoms with Crippen LogP contribution in [0, 0.1) is 11.8 Å². The summed E-state index contributed by atoms with van der Waals surface area (Å²) in [5.74, 6) is -0.284. The molecule has 2 heteroatoms. The number of ketones is 2. The Morgan fingerprint density at radius 1 is 0.667 bits per heavy atom. The quantitative estimate of drug-likeness (QED) is 0.729. The summed E-state index contributed by atoms with van der Waals surface area (Å²) in [6, 6.07) is 7.35. The number of Topliss-reactive ketones (excluding diaryl/α,β-unsaturated/α-hetero) is 2. The van der Waals surface area contributed by atoms with E-state index in [1.165, 1.54) is 22.3 Å². The molecule has 2 atom stereocenters. The van der Waals surface area contributed by atoms with Gasteiger partial charge in [0.05, 0.1) is 11.8 Å². The molecule has 0 aliphatic heterocycles. The minimum Gasteiger partial charge on any atom is -0.293 e. The molecule has 1 aromatic carbocycles. The third-order valence-corrected chi connectivity index (χ3v) is 5.72. The first-order chi connectivity index (χ1) is 11.6. The van der Waals surface area contributed by atoms with Crippen LogP contribution in [0.2, 0.25) is 0 Å². The Kier molecular flexibility index (Phi) is 4.58. The molecule has 0 N–H and O–H groups in total. The van der Waals surface area contributed by atoms with Gasteiger partial charge in [-0.05, 0) is 36.8 Å². The van der Waals surface area contributed by atoms with Gasteiger partial charge in [-0.25, -0.2) is 0 Å². The number of rotatable bonds is 4. The summed E-state index contributed by atoms with van der Waals surface area (Å²) in [4.78, 5) is 26.5. The zero-order valence-electron chi connectivity index (χ0n) is 15.1. The molecule has 2 unspecified atom stereocenters. The average Bonchev–Trinajstić information content (AvgIpc) is 2.63. The second kappa shape index (κ2) is 6.51. The number of carbonyl (C=O) groups is 2. The maximum Gasteiger partial charge on any atom is 0.171 e. The molecular formula is C22H26O2. The van der Waals surface area contributed by atoms with Crippen molar-refractivity contribution in [2.45, 2.75) is 53.4 Å². The second-order valence-corrected chi connectivity index (χ2v) is 6.65. The molecule has 0 fully saturated rings. The van der Waals surface area contributed by atoms with Crippen molar-refractivity contribution in [3.05, 3.63) is 57.7 Å². The van der Waals surface area contributed by atoms with Gasteiger partial charge in [-0.15, -0.1) is 0 Å². The third-order valence-electron chi connectivity index (χ3n) is 5.72. The fourth-order valence-corrected chi connectivity index (χ4v) is 4.78. The number of hydrogen-bond donors (Lipinski definition) is 0. The van der Waals surface area contributed by atoms with E-state index < -0.39 is 0 Å². The molecule has 0 heterocycles. The lowest BCUT2D eigenvalue weighted by molar-refractivity contribution is 0.0779.